The Morgan fingerprint density at radius 2 is 1.41 bits per heavy atom. The highest BCUT2D eigenvalue weighted by atomic mass is 35.5. The molecule has 1 aliphatic carbocycles. The van der Waals surface area contributed by atoms with E-state index in [0.717, 1.165) is 6.42 Å². The monoisotopic (exact) mass is 497 g/mol. The number of hydrogen-bond donors (Lipinski definition) is 0. The summed E-state index contributed by atoms with van der Waals surface area (Å²) < 4.78 is 29.9. The van der Waals surface area contributed by atoms with Crippen molar-refractivity contribution in [3.05, 3.63) is 51.5 Å². The minimum Gasteiger partial charge on any atom is -0.496 e. The Labute approximate surface area is 197 Å². The van der Waals surface area contributed by atoms with Gasteiger partial charge in [-0.25, -0.2) is 4.79 Å². The first-order valence-electron chi connectivity index (χ1n) is 10.1. The third kappa shape index (κ3) is 4.36. The lowest BCUT2D eigenvalue weighted by Gasteiger charge is -2.27. The van der Waals surface area contributed by atoms with Crippen LogP contribution in [0.3, 0.4) is 0 Å². The average Bonchev–Trinajstić information content (AvgIpc) is 2.82. The van der Waals surface area contributed by atoms with Gasteiger partial charge in [0.1, 0.15) is 17.2 Å². The predicted octanol–water partition coefficient (Wildman–Crippen LogP) is 6.57. The normalized spacial score (nSPS) is 15.6. The molecule has 0 heterocycles. The Kier molecular flexibility index (Phi) is 7.81. The molecule has 32 heavy (non-hydrogen) atoms. The van der Waals surface area contributed by atoms with E-state index in [0.29, 0.717) is 31.4 Å². The molecule has 0 saturated heterocycles. The fraction of sp³-hybridized carbons (Fsp3) is 0.391. The van der Waals surface area contributed by atoms with Crippen LogP contribution < -0.4 is 14.2 Å². The second kappa shape index (κ2) is 10.2. The zero-order valence-corrected chi connectivity index (χ0v) is 20.5. The molecule has 2 aromatic rings. The van der Waals surface area contributed by atoms with Crippen molar-refractivity contribution in [2.45, 2.75) is 37.3 Å². The van der Waals surface area contributed by atoms with E-state index >= 15 is 0 Å². The van der Waals surface area contributed by atoms with E-state index in [-0.39, 0.29) is 32.7 Å². The summed E-state index contributed by atoms with van der Waals surface area (Å²) in [6.45, 7) is 0. The van der Waals surface area contributed by atoms with Gasteiger partial charge in [-0.15, -0.1) is 0 Å². The molecule has 3 rings (SSSR count). The summed E-state index contributed by atoms with van der Waals surface area (Å²) in [7, 11) is 1.53. The molecule has 1 atom stereocenters. The number of carbonyl (C=O) groups is 2. The molecule has 1 saturated carbocycles. The summed E-state index contributed by atoms with van der Waals surface area (Å²) in [5.41, 5.74) is -0.600. The number of benzene rings is 2. The third-order valence-corrected chi connectivity index (χ3v) is 8.45. The van der Waals surface area contributed by atoms with Crippen molar-refractivity contribution in [3.63, 3.8) is 0 Å². The minimum absolute atomic E-state index is 0.0138. The maximum atomic E-state index is 13.9. The lowest BCUT2D eigenvalue weighted by Crippen LogP contribution is -2.39. The summed E-state index contributed by atoms with van der Waals surface area (Å²) >= 11 is 12.6. The van der Waals surface area contributed by atoms with Gasteiger partial charge in [-0.05, 0) is 25.0 Å². The topological polar surface area (TPSA) is 78.9 Å². The van der Waals surface area contributed by atoms with Crippen molar-refractivity contribution >= 4 is 42.3 Å². The van der Waals surface area contributed by atoms with Gasteiger partial charge < -0.3 is 14.2 Å². The van der Waals surface area contributed by atoms with E-state index in [1.165, 1.54) is 33.5 Å². The van der Waals surface area contributed by atoms with E-state index in [1.54, 1.807) is 18.2 Å². The van der Waals surface area contributed by atoms with Crippen LogP contribution in [0.25, 0.3) is 0 Å². The molecular weight excluding hydrogens is 474 g/mol. The van der Waals surface area contributed by atoms with Gasteiger partial charge in [0.05, 0.1) is 36.9 Å². The highest BCUT2D eigenvalue weighted by Gasteiger charge is 2.61. The first-order chi connectivity index (χ1) is 15.3. The van der Waals surface area contributed by atoms with Crippen LogP contribution in [0.2, 0.25) is 10.0 Å². The number of ketones is 1. The number of carbonyl (C=O) groups excluding carboxylic acids is 2. The van der Waals surface area contributed by atoms with Crippen LogP contribution in [-0.4, -0.2) is 37.8 Å². The van der Waals surface area contributed by atoms with Gasteiger partial charge in [0.25, 0.3) is 0 Å². The molecule has 6 nitrogen and oxygen atoms in total. The molecule has 1 unspecified atom stereocenters. The Bertz CT molecular complexity index is 1020. The lowest BCUT2D eigenvalue weighted by molar-refractivity contribution is 0.0903. The van der Waals surface area contributed by atoms with Gasteiger partial charge in [0, 0.05) is 25.0 Å². The molecule has 0 amide bonds. The van der Waals surface area contributed by atoms with Gasteiger partial charge in [-0.1, -0.05) is 40.3 Å². The molecule has 9 heteroatoms. The Balaban J connectivity index is 2.14. The van der Waals surface area contributed by atoms with Crippen molar-refractivity contribution in [3.8, 4) is 17.2 Å². The summed E-state index contributed by atoms with van der Waals surface area (Å²) in [4.78, 5) is 27.4. The quantitative estimate of drug-likeness (QED) is 0.303. The van der Waals surface area contributed by atoms with Crippen molar-refractivity contribution in [2.75, 3.05) is 21.3 Å². The molecule has 0 radical (unpaired) electrons. The first-order valence-corrected chi connectivity index (χ1v) is 12.1. The SMILES string of the molecule is COc1cc(OC)c(C(=O)[P+](=O)C2(C(=O)c3c(Cl)cccc3Cl)CCCCC2)c(OC)c1. The van der Waals surface area contributed by atoms with E-state index < -0.39 is 24.3 Å². The number of methoxy groups -OCH3 is 3. The van der Waals surface area contributed by atoms with Crippen LogP contribution in [0.5, 0.6) is 17.2 Å². The van der Waals surface area contributed by atoms with Crippen LogP contribution in [0.4, 0.5) is 0 Å². The van der Waals surface area contributed by atoms with Crippen molar-refractivity contribution in [1.29, 1.82) is 0 Å². The van der Waals surface area contributed by atoms with Gasteiger partial charge in [-0.2, -0.15) is 0 Å². The fourth-order valence-corrected chi connectivity index (χ4v) is 6.52. The Morgan fingerprint density at radius 1 is 0.875 bits per heavy atom. The van der Waals surface area contributed by atoms with Crippen molar-refractivity contribution in [2.24, 2.45) is 0 Å². The smallest absolute Gasteiger partial charge is 0.434 e. The number of rotatable bonds is 8. The Morgan fingerprint density at radius 3 is 1.88 bits per heavy atom. The van der Waals surface area contributed by atoms with Gasteiger partial charge >= 0.3 is 13.3 Å². The van der Waals surface area contributed by atoms with Gasteiger partial charge in [0.2, 0.25) is 10.9 Å². The van der Waals surface area contributed by atoms with E-state index in [4.69, 9.17) is 37.4 Å². The molecule has 1 fully saturated rings. The molecular formula is C23H24Cl2O6P+. The molecule has 0 bridgehead atoms. The number of ether oxygens (including phenoxy) is 3. The largest absolute Gasteiger partial charge is 0.496 e. The summed E-state index contributed by atoms with van der Waals surface area (Å²) in [6.07, 6.45) is 2.82. The second-order valence-corrected chi connectivity index (χ2v) is 10.2. The average molecular weight is 498 g/mol. The minimum atomic E-state index is -2.72. The molecule has 0 aromatic heterocycles. The highest BCUT2D eigenvalue weighted by molar-refractivity contribution is 7.67. The highest BCUT2D eigenvalue weighted by Crippen LogP contribution is 2.55. The van der Waals surface area contributed by atoms with Gasteiger partial charge in [-0.3, -0.25) is 4.79 Å². The zero-order valence-electron chi connectivity index (χ0n) is 18.1. The summed E-state index contributed by atoms with van der Waals surface area (Å²) in [5, 5.41) is -1.07. The Hall–Kier alpha value is -2.14. The number of halogens is 2. The molecule has 2 aromatic carbocycles. The maximum absolute atomic E-state index is 13.9. The summed E-state index contributed by atoms with van der Waals surface area (Å²) in [6, 6.07) is 7.77. The zero-order chi connectivity index (χ0) is 23.5. The van der Waals surface area contributed by atoms with Crippen LogP contribution >= 0.6 is 31.0 Å². The third-order valence-electron chi connectivity index (χ3n) is 5.80. The lowest BCUT2D eigenvalue weighted by atomic mass is 9.82. The summed E-state index contributed by atoms with van der Waals surface area (Å²) in [5.74, 6) is 0.262. The molecule has 0 N–H and O–H groups in total. The molecule has 0 aliphatic heterocycles. The van der Waals surface area contributed by atoms with Crippen LogP contribution in [0, 0.1) is 0 Å². The molecule has 0 spiro atoms. The van der Waals surface area contributed by atoms with Gasteiger partial charge in [0.15, 0.2) is 5.56 Å². The molecule has 1 aliphatic rings. The maximum Gasteiger partial charge on any atom is 0.434 e. The predicted molar refractivity (Wildman–Crippen MR) is 125 cm³/mol. The number of hydrogen-bond acceptors (Lipinski definition) is 6. The van der Waals surface area contributed by atoms with Crippen LogP contribution in [0.15, 0.2) is 30.3 Å². The van der Waals surface area contributed by atoms with Crippen molar-refractivity contribution < 1.29 is 28.4 Å². The number of Topliss-reactive ketones (excluding diaryl/α,β-unsaturated/α-hetero) is 1. The fourth-order valence-electron chi connectivity index (χ4n) is 4.12. The standard InChI is InChI=1S/C23H24Cl2O6P/c1-29-14-12-17(30-2)20(18(13-14)31-3)22(27)32(28)23(10-5-4-6-11-23)21(26)19-15(24)8-7-9-16(19)25/h7-9,12-13H,4-6,10-11H2,1-3H3/q+1. The van der Waals surface area contributed by atoms with E-state index in [9.17, 15) is 14.2 Å². The van der Waals surface area contributed by atoms with Crippen LogP contribution in [-0.2, 0) is 4.57 Å². The molecule has 170 valence electrons. The van der Waals surface area contributed by atoms with Crippen molar-refractivity contribution in [1.82, 2.24) is 0 Å². The van der Waals surface area contributed by atoms with E-state index in [1.807, 2.05) is 0 Å². The second-order valence-electron chi connectivity index (χ2n) is 7.52. The first kappa shape index (κ1) is 24.5. The van der Waals surface area contributed by atoms with Crippen LogP contribution in [0.1, 0.15) is 52.8 Å². The van der Waals surface area contributed by atoms with E-state index in [2.05, 4.69) is 0 Å².